The molecule has 1 aromatic carbocycles. The molecule has 0 saturated carbocycles. The van der Waals surface area contributed by atoms with Crippen molar-refractivity contribution in [2.75, 3.05) is 31.1 Å². The first-order valence-corrected chi connectivity index (χ1v) is 9.58. The maximum absolute atomic E-state index is 12.8. The molecule has 0 N–H and O–H groups in total. The minimum absolute atomic E-state index is 0.0000202. The van der Waals surface area contributed by atoms with E-state index in [-0.39, 0.29) is 11.7 Å². The van der Waals surface area contributed by atoms with Crippen molar-refractivity contribution in [2.45, 2.75) is 39.5 Å². The van der Waals surface area contributed by atoms with Crippen LogP contribution in [0.5, 0.6) is 0 Å². The van der Waals surface area contributed by atoms with Crippen LogP contribution in [0.2, 0.25) is 0 Å². The number of hydrogen-bond acceptors (Lipinski definition) is 4. The minimum atomic E-state index is 0.0000202. The molecule has 0 spiro atoms. The van der Waals surface area contributed by atoms with Crippen LogP contribution < -0.4 is 4.90 Å². The van der Waals surface area contributed by atoms with Gasteiger partial charge in [-0.15, -0.1) is 0 Å². The van der Waals surface area contributed by atoms with Crippen LogP contribution in [-0.2, 0) is 4.79 Å². The number of benzene rings is 1. The molecule has 0 bridgehead atoms. The molecule has 2 saturated heterocycles. The van der Waals surface area contributed by atoms with Crippen molar-refractivity contribution in [3.8, 4) is 6.07 Å². The molecule has 3 rings (SSSR count). The second-order valence-corrected chi connectivity index (χ2v) is 7.69. The van der Waals surface area contributed by atoms with E-state index in [4.69, 9.17) is 0 Å². The van der Waals surface area contributed by atoms with Crippen LogP contribution in [0.1, 0.15) is 55.5 Å². The van der Waals surface area contributed by atoms with E-state index < -0.39 is 0 Å². The zero-order valence-electron chi connectivity index (χ0n) is 15.7. The van der Waals surface area contributed by atoms with E-state index in [0.29, 0.717) is 23.0 Å². The van der Waals surface area contributed by atoms with E-state index in [2.05, 4.69) is 17.9 Å². The van der Waals surface area contributed by atoms with Gasteiger partial charge in [0.2, 0.25) is 5.91 Å². The summed E-state index contributed by atoms with van der Waals surface area (Å²) in [5.41, 5.74) is 2.03. The first-order valence-electron chi connectivity index (χ1n) is 9.58. The van der Waals surface area contributed by atoms with Gasteiger partial charge in [-0.2, -0.15) is 5.26 Å². The Balaban J connectivity index is 1.67. The molecule has 5 heteroatoms. The molecule has 138 valence electrons. The van der Waals surface area contributed by atoms with Gasteiger partial charge in [0, 0.05) is 37.7 Å². The van der Waals surface area contributed by atoms with Crippen LogP contribution in [-0.4, -0.2) is 42.8 Å². The lowest BCUT2D eigenvalue weighted by Crippen LogP contribution is -2.46. The Morgan fingerprint density at radius 1 is 1.15 bits per heavy atom. The van der Waals surface area contributed by atoms with Crippen molar-refractivity contribution in [3.05, 3.63) is 29.3 Å². The highest BCUT2D eigenvalue weighted by Gasteiger charge is 2.31. The van der Waals surface area contributed by atoms with Gasteiger partial charge in [-0.25, -0.2) is 0 Å². The highest BCUT2D eigenvalue weighted by molar-refractivity contribution is 5.95. The number of nitriles is 1. The van der Waals surface area contributed by atoms with Crippen molar-refractivity contribution in [3.63, 3.8) is 0 Å². The van der Waals surface area contributed by atoms with Gasteiger partial charge in [-0.1, -0.05) is 6.92 Å². The fourth-order valence-corrected chi connectivity index (χ4v) is 4.12. The third-order valence-electron chi connectivity index (χ3n) is 5.68. The summed E-state index contributed by atoms with van der Waals surface area (Å²) in [7, 11) is 0. The quantitative estimate of drug-likeness (QED) is 0.783. The van der Waals surface area contributed by atoms with Crippen LogP contribution >= 0.6 is 0 Å². The zero-order valence-corrected chi connectivity index (χ0v) is 15.7. The SMILES string of the molecule is CC(=O)c1ccc(C#N)c(N2CCC(C(=O)N3CCCC(C)C3)CC2)c1. The average molecular weight is 353 g/mol. The fourth-order valence-electron chi connectivity index (χ4n) is 4.12. The van der Waals surface area contributed by atoms with Crippen LogP contribution in [0.15, 0.2) is 18.2 Å². The Kier molecular flexibility index (Phi) is 5.61. The predicted molar refractivity (Wildman–Crippen MR) is 101 cm³/mol. The molecule has 1 amide bonds. The zero-order chi connectivity index (χ0) is 18.7. The fraction of sp³-hybridized carbons (Fsp3) is 0.571. The molecular weight excluding hydrogens is 326 g/mol. The van der Waals surface area contributed by atoms with E-state index in [9.17, 15) is 14.9 Å². The van der Waals surface area contributed by atoms with Crippen LogP contribution in [0.25, 0.3) is 0 Å². The van der Waals surface area contributed by atoms with Gasteiger partial charge in [0.25, 0.3) is 0 Å². The summed E-state index contributed by atoms with van der Waals surface area (Å²) in [6.07, 6.45) is 3.93. The summed E-state index contributed by atoms with van der Waals surface area (Å²) in [6, 6.07) is 7.46. The molecule has 2 fully saturated rings. The van der Waals surface area contributed by atoms with Crippen LogP contribution in [0, 0.1) is 23.2 Å². The van der Waals surface area contributed by atoms with Gasteiger partial charge in [0.05, 0.1) is 11.3 Å². The lowest BCUT2D eigenvalue weighted by molar-refractivity contribution is -0.137. The molecule has 2 aliphatic rings. The van der Waals surface area contributed by atoms with E-state index in [1.807, 2.05) is 11.0 Å². The number of rotatable bonds is 3. The highest BCUT2D eigenvalue weighted by Crippen LogP contribution is 2.29. The van der Waals surface area contributed by atoms with Crippen molar-refractivity contribution < 1.29 is 9.59 Å². The maximum atomic E-state index is 12.8. The van der Waals surface area contributed by atoms with E-state index in [1.54, 1.807) is 12.1 Å². The second-order valence-electron chi connectivity index (χ2n) is 7.69. The summed E-state index contributed by atoms with van der Waals surface area (Å²) >= 11 is 0. The Morgan fingerprint density at radius 2 is 1.88 bits per heavy atom. The van der Waals surface area contributed by atoms with Crippen LogP contribution in [0.4, 0.5) is 5.69 Å². The Morgan fingerprint density at radius 3 is 2.50 bits per heavy atom. The van der Waals surface area contributed by atoms with Gasteiger partial charge < -0.3 is 9.80 Å². The monoisotopic (exact) mass is 353 g/mol. The standard InChI is InChI=1S/C21H27N3O2/c1-15-4-3-9-24(14-15)21(26)17-7-10-23(11-8-17)20-12-18(16(2)25)5-6-19(20)13-22/h5-6,12,15,17H,3-4,7-11,14H2,1-2H3. The third-order valence-corrected chi connectivity index (χ3v) is 5.68. The number of nitrogens with zero attached hydrogens (tertiary/aromatic N) is 3. The van der Waals surface area contributed by atoms with Crippen molar-refractivity contribution in [1.82, 2.24) is 4.90 Å². The number of anilines is 1. The number of Topliss-reactive ketones (excluding diaryl/α,β-unsaturated/α-hetero) is 1. The Labute approximate surface area is 155 Å². The molecular formula is C21H27N3O2. The molecule has 26 heavy (non-hydrogen) atoms. The summed E-state index contributed by atoms with van der Waals surface area (Å²) in [5, 5.41) is 9.39. The molecule has 1 aromatic rings. The molecule has 0 aromatic heterocycles. The number of ketones is 1. The molecule has 5 nitrogen and oxygen atoms in total. The Hall–Kier alpha value is -2.35. The lowest BCUT2D eigenvalue weighted by Gasteiger charge is -2.38. The first kappa shape index (κ1) is 18.4. The topological polar surface area (TPSA) is 64.4 Å². The number of amides is 1. The summed E-state index contributed by atoms with van der Waals surface area (Å²) in [4.78, 5) is 28.7. The van der Waals surface area contributed by atoms with Gasteiger partial charge >= 0.3 is 0 Å². The first-order chi connectivity index (χ1) is 12.5. The largest absolute Gasteiger partial charge is 0.370 e. The molecule has 1 unspecified atom stereocenters. The normalized spacial score (nSPS) is 21.3. The molecule has 2 aliphatic heterocycles. The number of likely N-dealkylation sites (tertiary alicyclic amines) is 1. The van der Waals surface area contributed by atoms with Gasteiger partial charge in [-0.3, -0.25) is 9.59 Å². The number of carbonyl (C=O) groups excluding carboxylic acids is 2. The lowest BCUT2D eigenvalue weighted by atomic mass is 9.92. The van der Waals surface area contributed by atoms with Crippen molar-refractivity contribution in [2.24, 2.45) is 11.8 Å². The second kappa shape index (κ2) is 7.90. The summed E-state index contributed by atoms with van der Waals surface area (Å²) in [6.45, 7) is 7.02. The molecule has 2 heterocycles. The number of piperidine rings is 2. The third kappa shape index (κ3) is 3.90. The predicted octanol–water partition coefficient (Wildman–Crippen LogP) is 3.24. The molecule has 1 atom stereocenters. The summed E-state index contributed by atoms with van der Waals surface area (Å²) < 4.78 is 0. The minimum Gasteiger partial charge on any atom is -0.370 e. The smallest absolute Gasteiger partial charge is 0.225 e. The van der Waals surface area contributed by atoms with Crippen molar-refractivity contribution >= 4 is 17.4 Å². The van der Waals surface area contributed by atoms with Crippen LogP contribution in [0.3, 0.4) is 0 Å². The van der Waals surface area contributed by atoms with Crippen molar-refractivity contribution in [1.29, 1.82) is 5.26 Å². The van der Waals surface area contributed by atoms with Gasteiger partial charge in [0.15, 0.2) is 5.78 Å². The van der Waals surface area contributed by atoms with E-state index >= 15 is 0 Å². The molecule has 0 radical (unpaired) electrons. The highest BCUT2D eigenvalue weighted by atomic mass is 16.2. The Bertz CT molecular complexity index is 729. The number of carbonyl (C=O) groups is 2. The van der Waals surface area contributed by atoms with Gasteiger partial charge in [-0.05, 0) is 56.7 Å². The van der Waals surface area contributed by atoms with E-state index in [0.717, 1.165) is 51.1 Å². The number of hydrogen-bond donors (Lipinski definition) is 0. The summed E-state index contributed by atoms with van der Waals surface area (Å²) in [5.74, 6) is 0.979. The van der Waals surface area contributed by atoms with Gasteiger partial charge in [0.1, 0.15) is 6.07 Å². The average Bonchev–Trinajstić information content (AvgIpc) is 2.67. The molecule has 0 aliphatic carbocycles. The maximum Gasteiger partial charge on any atom is 0.225 e. The van der Waals surface area contributed by atoms with E-state index in [1.165, 1.54) is 13.3 Å².